The molecule has 1 aromatic carbocycles. The molecule has 0 saturated carbocycles. The summed E-state index contributed by atoms with van der Waals surface area (Å²) in [6.45, 7) is 0. The minimum Gasteiger partial charge on any atom is -0.503 e. The maximum atomic E-state index is 10.8. The van der Waals surface area contributed by atoms with E-state index in [1.807, 2.05) is 0 Å². The minimum atomic E-state index is -0.772. The Balaban J connectivity index is 0.00000256. The van der Waals surface area contributed by atoms with Gasteiger partial charge in [-0.15, -0.1) is 0 Å². The Labute approximate surface area is 111 Å². The molecule has 1 rings (SSSR count). The number of nitro groups is 1. The molecule has 0 bridgehead atoms. The van der Waals surface area contributed by atoms with Gasteiger partial charge in [0, 0.05) is 0 Å². The van der Waals surface area contributed by atoms with Gasteiger partial charge in [-0.3, -0.25) is 10.1 Å². The smallest absolute Gasteiger partial charge is 0.503 e. The van der Waals surface area contributed by atoms with Crippen molar-refractivity contribution in [2.24, 2.45) is 5.16 Å². The summed E-state index contributed by atoms with van der Waals surface area (Å²) in [5.41, 5.74) is -0.602. The number of phenolic OH excluding ortho intramolecular Hbond substituents is 1. The summed E-state index contributed by atoms with van der Waals surface area (Å²) in [7, 11) is 1.15. The number of halogens is 1. The van der Waals surface area contributed by atoms with Crippen molar-refractivity contribution in [1.29, 1.82) is 0 Å². The Bertz CT molecular complexity index is 466. The number of benzene rings is 1. The zero-order chi connectivity index (χ0) is 12.3. The van der Waals surface area contributed by atoms with Crippen LogP contribution in [0, 0.1) is 10.1 Å². The predicted molar refractivity (Wildman–Crippen MR) is 55.7 cm³/mol. The van der Waals surface area contributed by atoms with Gasteiger partial charge in [0.2, 0.25) is 5.75 Å². The Morgan fingerprint density at radius 1 is 1.65 bits per heavy atom. The molecule has 2 N–H and O–H groups in total. The van der Waals surface area contributed by atoms with Crippen LogP contribution >= 0.6 is 11.6 Å². The van der Waals surface area contributed by atoms with Crippen LogP contribution in [0.15, 0.2) is 11.2 Å². The average Bonchev–Trinajstić information content (AvgIpc) is 2.22. The number of nitro benzene ring substituents is 1. The van der Waals surface area contributed by atoms with E-state index in [1.54, 1.807) is 0 Å². The fourth-order valence-electron chi connectivity index (χ4n) is 1.17. The van der Waals surface area contributed by atoms with Crippen LogP contribution in [-0.4, -0.2) is 28.6 Å². The van der Waals surface area contributed by atoms with Gasteiger partial charge >= 0.3 is 22.8 Å². The van der Waals surface area contributed by atoms with E-state index in [2.05, 4.69) is 9.89 Å². The number of aromatic hydroxyl groups is 1. The molecule has 0 aliphatic carbocycles. The maximum absolute atomic E-state index is 10.8. The van der Waals surface area contributed by atoms with E-state index >= 15 is 0 Å². The molecule has 0 unspecified atom stereocenters. The quantitative estimate of drug-likeness (QED) is 0.291. The average molecular weight is 310 g/mol. The van der Waals surface area contributed by atoms with Crippen LogP contribution in [0.1, 0.15) is 5.56 Å². The van der Waals surface area contributed by atoms with Crippen molar-refractivity contribution >= 4 is 23.5 Å². The third kappa shape index (κ3) is 3.00. The zero-order valence-electron chi connectivity index (χ0n) is 8.35. The molecule has 17 heavy (non-hydrogen) atoms. The van der Waals surface area contributed by atoms with Gasteiger partial charge < -0.3 is 15.1 Å². The van der Waals surface area contributed by atoms with Crippen LogP contribution in [0.2, 0.25) is 5.02 Å². The third-order valence-corrected chi connectivity index (χ3v) is 2.08. The number of oxime groups is 1. The zero-order valence-corrected chi connectivity index (χ0v) is 10.0. The van der Waals surface area contributed by atoms with Crippen LogP contribution in [0.4, 0.5) is 5.69 Å². The van der Waals surface area contributed by atoms with Crippen LogP contribution in [0.25, 0.3) is 0 Å². The van der Waals surface area contributed by atoms with Gasteiger partial charge in [0.15, 0.2) is 5.75 Å². The van der Waals surface area contributed by atoms with Crippen molar-refractivity contribution in [3.05, 3.63) is 26.8 Å². The first-order valence-corrected chi connectivity index (χ1v) is 4.32. The Morgan fingerprint density at radius 2 is 2.24 bits per heavy atom. The standard InChI is InChI=1S/C8H7ClN2O5.Cu/c1-16-8-6(11(14)15)4(3-10-13)2-5(9)7(8)12;/h2-3,12-13H,1H3;/q;+2/b10-3+;. The number of methoxy groups -OCH3 is 1. The summed E-state index contributed by atoms with van der Waals surface area (Å²) in [6.07, 6.45) is 0.825. The molecule has 0 atom stereocenters. The van der Waals surface area contributed by atoms with E-state index in [4.69, 9.17) is 16.8 Å². The first kappa shape index (κ1) is 15.5. The summed E-state index contributed by atoms with van der Waals surface area (Å²) < 4.78 is 4.69. The molecule has 9 heteroatoms. The van der Waals surface area contributed by atoms with Crippen molar-refractivity contribution in [2.75, 3.05) is 7.11 Å². The fraction of sp³-hybridized carbons (Fsp3) is 0.125. The number of ether oxygens (including phenoxy) is 1. The van der Waals surface area contributed by atoms with E-state index in [0.29, 0.717) is 0 Å². The molecule has 0 aliphatic heterocycles. The van der Waals surface area contributed by atoms with Gasteiger partial charge in [0.25, 0.3) is 0 Å². The minimum absolute atomic E-state index is 0. The van der Waals surface area contributed by atoms with Gasteiger partial charge in [0.1, 0.15) is 0 Å². The molecule has 0 spiro atoms. The summed E-state index contributed by atoms with van der Waals surface area (Å²) in [5, 5.41) is 31.1. The second kappa shape index (κ2) is 6.29. The molecule has 0 heterocycles. The van der Waals surface area contributed by atoms with Crippen LogP contribution in [0.3, 0.4) is 0 Å². The third-order valence-electron chi connectivity index (χ3n) is 1.80. The van der Waals surface area contributed by atoms with Crippen LogP contribution in [0.5, 0.6) is 11.5 Å². The maximum Gasteiger partial charge on any atom is 2.00 e. The van der Waals surface area contributed by atoms with Crippen molar-refractivity contribution in [3.8, 4) is 11.5 Å². The number of rotatable bonds is 3. The van der Waals surface area contributed by atoms with E-state index < -0.39 is 16.4 Å². The van der Waals surface area contributed by atoms with Gasteiger partial charge in [-0.05, 0) is 6.07 Å². The monoisotopic (exact) mass is 309 g/mol. The molecule has 95 valence electrons. The van der Waals surface area contributed by atoms with E-state index in [1.165, 1.54) is 0 Å². The van der Waals surface area contributed by atoms with Gasteiger partial charge in [-0.1, -0.05) is 16.8 Å². The Kier molecular flexibility index (Phi) is 5.73. The van der Waals surface area contributed by atoms with Crippen LogP contribution in [-0.2, 0) is 17.1 Å². The Morgan fingerprint density at radius 3 is 2.65 bits per heavy atom. The molecule has 0 amide bonds. The molecular weight excluding hydrogens is 303 g/mol. The SMILES string of the molecule is COc1c(O)c(Cl)cc(/C=N/O)c1[N+](=O)[O-].[Cu+2]. The first-order valence-electron chi connectivity index (χ1n) is 3.94. The molecule has 1 radical (unpaired) electrons. The summed E-state index contributed by atoms with van der Waals surface area (Å²) in [4.78, 5) is 10.00. The van der Waals surface area contributed by atoms with Gasteiger partial charge in [-0.25, -0.2) is 0 Å². The molecule has 0 saturated heterocycles. The van der Waals surface area contributed by atoms with Crippen molar-refractivity contribution in [1.82, 2.24) is 0 Å². The number of hydrogen-bond acceptors (Lipinski definition) is 6. The van der Waals surface area contributed by atoms with Gasteiger partial charge in [0.05, 0.1) is 28.8 Å². The molecule has 1 aromatic rings. The van der Waals surface area contributed by atoms with Gasteiger partial charge in [-0.2, -0.15) is 0 Å². The van der Waals surface area contributed by atoms with Crippen molar-refractivity contribution in [2.45, 2.75) is 0 Å². The van der Waals surface area contributed by atoms with Crippen molar-refractivity contribution in [3.63, 3.8) is 0 Å². The summed E-state index contributed by atoms with van der Waals surface area (Å²) in [6, 6.07) is 1.09. The van der Waals surface area contributed by atoms with Crippen molar-refractivity contribution < 1.29 is 37.0 Å². The predicted octanol–water partition coefficient (Wildman–Crippen LogP) is 1.77. The summed E-state index contributed by atoms with van der Waals surface area (Å²) in [5.74, 6) is -0.918. The summed E-state index contributed by atoms with van der Waals surface area (Å²) >= 11 is 5.61. The molecule has 0 aromatic heterocycles. The molecule has 0 fully saturated rings. The van der Waals surface area contributed by atoms with E-state index in [0.717, 1.165) is 19.4 Å². The fourth-order valence-corrected chi connectivity index (χ4v) is 1.37. The second-order valence-electron chi connectivity index (χ2n) is 2.68. The normalized spacial score (nSPS) is 10.0. The van der Waals surface area contributed by atoms with E-state index in [9.17, 15) is 15.2 Å². The largest absolute Gasteiger partial charge is 2.00 e. The topological polar surface area (TPSA) is 105 Å². The first-order chi connectivity index (χ1) is 7.52. The number of phenols is 1. The molecular formula is C8H7ClCuN2O5+2. The van der Waals surface area contributed by atoms with Crippen LogP contribution < -0.4 is 4.74 Å². The Hall–Kier alpha value is -1.50. The second-order valence-corrected chi connectivity index (χ2v) is 3.09. The molecule has 7 nitrogen and oxygen atoms in total. The number of hydrogen-bond donors (Lipinski definition) is 2. The number of nitrogens with zero attached hydrogens (tertiary/aromatic N) is 2. The van der Waals surface area contributed by atoms with E-state index in [-0.39, 0.29) is 33.4 Å². The molecule has 0 aliphatic rings.